The minimum atomic E-state index is 0. The molecule has 0 atom stereocenters. The van der Waals surface area contributed by atoms with E-state index >= 15 is 0 Å². The first-order chi connectivity index (χ1) is 12.1. The molecule has 0 bridgehead atoms. The Morgan fingerprint density at radius 2 is 1.92 bits per heavy atom. The van der Waals surface area contributed by atoms with Gasteiger partial charge in [0.1, 0.15) is 5.65 Å². The van der Waals surface area contributed by atoms with Crippen LogP contribution >= 0.6 is 11.6 Å². The van der Waals surface area contributed by atoms with E-state index in [1.165, 1.54) is 16.5 Å². The van der Waals surface area contributed by atoms with Gasteiger partial charge in [-0.1, -0.05) is 32.0 Å². The molecule has 0 aliphatic rings. The van der Waals surface area contributed by atoms with E-state index in [1.54, 1.807) is 6.20 Å². The van der Waals surface area contributed by atoms with Gasteiger partial charge >= 0.3 is 0 Å². The van der Waals surface area contributed by atoms with E-state index in [9.17, 15) is 0 Å². The summed E-state index contributed by atoms with van der Waals surface area (Å²) in [5, 5.41) is 6.05. The van der Waals surface area contributed by atoms with Gasteiger partial charge in [0.15, 0.2) is 0 Å². The first-order valence-electron chi connectivity index (χ1n) is 8.26. The molecule has 0 aliphatic heterocycles. The molecule has 2 N–H and O–H groups in total. The molecule has 1 aromatic carbocycles. The number of pyridine rings is 2. The van der Waals surface area contributed by atoms with E-state index in [0.29, 0.717) is 5.02 Å². The van der Waals surface area contributed by atoms with Crippen LogP contribution in [0.2, 0.25) is 5.02 Å². The first-order valence-corrected chi connectivity index (χ1v) is 8.64. The molecule has 3 heterocycles. The lowest BCUT2D eigenvalue weighted by molar-refractivity contribution is 1.14. The zero-order valence-corrected chi connectivity index (χ0v) is 15.4. The van der Waals surface area contributed by atoms with Crippen molar-refractivity contribution in [3.05, 3.63) is 65.1 Å². The second-order valence-corrected chi connectivity index (χ2v) is 6.31. The number of fused-ring (bicyclic) bond motifs is 2. The molecule has 136 valence electrons. The number of hydrogen-bond acceptors (Lipinski definition) is 3. The summed E-state index contributed by atoms with van der Waals surface area (Å²) < 4.78 is 0. The van der Waals surface area contributed by atoms with Crippen LogP contribution in [0, 0.1) is 6.92 Å². The van der Waals surface area contributed by atoms with Gasteiger partial charge in [-0.2, -0.15) is 0 Å². The molecule has 26 heavy (non-hydrogen) atoms. The number of anilines is 1. The van der Waals surface area contributed by atoms with Crippen molar-refractivity contribution in [1.82, 2.24) is 15.0 Å². The number of aromatic amines is 1. The van der Waals surface area contributed by atoms with E-state index < -0.39 is 0 Å². The highest BCUT2D eigenvalue weighted by Gasteiger charge is 2.00. The summed E-state index contributed by atoms with van der Waals surface area (Å²) in [6, 6.07) is 10.3. The molecule has 5 heteroatoms. The number of nitrogens with zero attached hydrogens (tertiary/aromatic N) is 2. The zero-order chi connectivity index (χ0) is 17.8. The van der Waals surface area contributed by atoms with Gasteiger partial charge in [0.25, 0.3) is 0 Å². The first kappa shape index (κ1) is 19.7. The third kappa shape index (κ3) is 4.33. The molecule has 0 unspecified atom stereocenters. The Balaban J connectivity index is 0.000000180. The molecular weight excluding hydrogens is 344 g/mol. The molecule has 3 aromatic heterocycles. The van der Waals surface area contributed by atoms with Crippen LogP contribution in [-0.4, -0.2) is 22.0 Å². The molecule has 0 amide bonds. The lowest BCUT2D eigenvalue weighted by Gasteiger charge is -2.00. The molecule has 4 rings (SSSR count). The highest BCUT2D eigenvalue weighted by atomic mass is 35.5. The molecule has 4 aromatic rings. The van der Waals surface area contributed by atoms with Crippen LogP contribution in [0.25, 0.3) is 21.9 Å². The largest absolute Gasteiger partial charge is 0.387 e. The monoisotopic (exact) mass is 368 g/mol. The topological polar surface area (TPSA) is 53.6 Å². The molecule has 4 nitrogen and oxygen atoms in total. The zero-order valence-electron chi connectivity index (χ0n) is 14.6. The van der Waals surface area contributed by atoms with Gasteiger partial charge in [-0.25, -0.2) is 4.98 Å². The highest BCUT2D eigenvalue weighted by Crippen LogP contribution is 2.19. The summed E-state index contributed by atoms with van der Waals surface area (Å²) in [7, 11) is 1.89. The number of rotatable bonds is 2. The average Bonchev–Trinajstić information content (AvgIpc) is 3.02. The number of H-pyrrole nitrogens is 1. The van der Waals surface area contributed by atoms with Crippen LogP contribution in [-0.2, 0) is 6.42 Å². The standard InChI is InChI=1S/C11H10ClN.C9H11N3.CH4/c1-2-8-3-4-11-9(5-8)6-10(12)7-13-11;1-6-4-11-9-8(6)3-7(10-2)5-12-9;/h3-7H,2H2,1H3;3-5,10H,1-2H3,(H,11,12);1H4. The summed E-state index contributed by atoms with van der Waals surface area (Å²) in [6.07, 6.45) is 6.51. The smallest absolute Gasteiger partial charge is 0.137 e. The van der Waals surface area contributed by atoms with Crippen LogP contribution in [0.15, 0.2) is 48.9 Å². The third-order valence-electron chi connectivity index (χ3n) is 4.15. The number of aromatic nitrogens is 3. The molecule has 0 saturated carbocycles. The Bertz CT molecular complexity index is 1010. The Kier molecular flexibility index (Phi) is 6.58. The Morgan fingerprint density at radius 3 is 2.65 bits per heavy atom. The summed E-state index contributed by atoms with van der Waals surface area (Å²) in [6.45, 7) is 4.21. The van der Waals surface area contributed by atoms with Crippen LogP contribution in [0.3, 0.4) is 0 Å². The van der Waals surface area contributed by atoms with Crippen molar-refractivity contribution in [3.63, 3.8) is 0 Å². The number of aryl methyl sites for hydroxylation is 2. The quantitative estimate of drug-likeness (QED) is 0.456. The van der Waals surface area contributed by atoms with Gasteiger partial charge in [0.2, 0.25) is 0 Å². The van der Waals surface area contributed by atoms with Crippen molar-refractivity contribution in [1.29, 1.82) is 0 Å². The van der Waals surface area contributed by atoms with E-state index in [0.717, 1.165) is 28.7 Å². The van der Waals surface area contributed by atoms with Crippen molar-refractivity contribution < 1.29 is 0 Å². The fourth-order valence-corrected chi connectivity index (χ4v) is 2.81. The van der Waals surface area contributed by atoms with Crippen molar-refractivity contribution in [2.75, 3.05) is 12.4 Å². The molecular formula is C21H25ClN4. The summed E-state index contributed by atoms with van der Waals surface area (Å²) in [5.41, 5.74) is 5.55. The van der Waals surface area contributed by atoms with Gasteiger partial charge in [0, 0.05) is 30.2 Å². The normalized spacial score (nSPS) is 10.2. The summed E-state index contributed by atoms with van der Waals surface area (Å²) >= 11 is 5.85. The predicted molar refractivity (Wildman–Crippen MR) is 113 cm³/mol. The van der Waals surface area contributed by atoms with Crippen molar-refractivity contribution in [2.24, 2.45) is 0 Å². The fourth-order valence-electron chi connectivity index (χ4n) is 2.65. The maximum Gasteiger partial charge on any atom is 0.137 e. The van der Waals surface area contributed by atoms with Gasteiger partial charge < -0.3 is 10.3 Å². The second kappa shape index (κ2) is 8.68. The second-order valence-electron chi connectivity index (χ2n) is 5.88. The number of nitrogens with one attached hydrogen (secondary N) is 2. The van der Waals surface area contributed by atoms with E-state index in [4.69, 9.17) is 11.6 Å². The van der Waals surface area contributed by atoms with Crippen LogP contribution < -0.4 is 5.32 Å². The highest BCUT2D eigenvalue weighted by molar-refractivity contribution is 6.31. The lowest BCUT2D eigenvalue weighted by atomic mass is 10.1. The predicted octanol–water partition coefficient (Wildman–Crippen LogP) is 6.00. The van der Waals surface area contributed by atoms with Gasteiger partial charge in [-0.15, -0.1) is 0 Å². The Hall–Kier alpha value is -2.59. The van der Waals surface area contributed by atoms with E-state index in [-0.39, 0.29) is 7.43 Å². The minimum absolute atomic E-state index is 0. The van der Waals surface area contributed by atoms with Crippen molar-refractivity contribution >= 4 is 39.2 Å². The van der Waals surface area contributed by atoms with Crippen LogP contribution in [0.4, 0.5) is 5.69 Å². The third-order valence-corrected chi connectivity index (χ3v) is 4.35. The fraction of sp³-hybridized carbons (Fsp3) is 0.238. The Labute approximate surface area is 159 Å². The summed E-state index contributed by atoms with van der Waals surface area (Å²) in [4.78, 5) is 11.6. The maximum atomic E-state index is 5.85. The van der Waals surface area contributed by atoms with E-state index in [2.05, 4.69) is 52.3 Å². The van der Waals surface area contributed by atoms with Crippen molar-refractivity contribution in [2.45, 2.75) is 27.7 Å². The number of hydrogen-bond donors (Lipinski definition) is 2. The maximum absolute atomic E-state index is 5.85. The molecule has 0 saturated heterocycles. The van der Waals surface area contributed by atoms with Crippen molar-refractivity contribution in [3.8, 4) is 0 Å². The Morgan fingerprint density at radius 1 is 1.12 bits per heavy atom. The lowest BCUT2D eigenvalue weighted by Crippen LogP contribution is -1.88. The van der Waals surface area contributed by atoms with Crippen LogP contribution in [0.5, 0.6) is 0 Å². The average molecular weight is 369 g/mol. The van der Waals surface area contributed by atoms with Gasteiger partial charge in [-0.3, -0.25) is 4.98 Å². The molecule has 0 fully saturated rings. The minimum Gasteiger partial charge on any atom is -0.387 e. The molecule has 0 radical (unpaired) electrons. The van der Waals surface area contributed by atoms with Crippen LogP contribution in [0.1, 0.15) is 25.5 Å². The summed E-state index contributed by atoms with van der Waals surface area (Å²) in [5.74, 6) is 0. The van der Waals surface area contributed by atoms with E-state index in [1.807, 2.05) is 31.6 Å². The number of halogens is 1. The molecule has 0 aliphatic carbocycles. The molecule has 0 spiro atoms. The SMILES string of the molecule is C.CCc1ccc2ncc(Cl)cc2c1.CNc1cnc2[nH]cc(C)c2c1. The number of benzene rings is 1. The van der Waals surface area contributed by atoms with Gasteiger partial charge in [0.05, 0.1) is 22.4 Å². The van der Waals surface area contributed by atoms with Gasteiger partial charge in [-0.05, 0) is 48.7 Å².